The minimum atomic E-state index is 0.283. The first kappa shape index (κ1) is 29.6. The molecule has 0 fully saturated rings. The molecule has 6 heteroatoms. The molecule has 0 saturated carbocycles. The van der Waals surface area contributed by atoms with Crippen molar-refractivity contribution in [2.45, 2.75) is 58.8 Å². The fourth-order valence-corrected chi connectivity index (χ4v) is 5.36. The summed E-state index contributed by atoms with van der Waals surface area (Å²) in [6.45, 7) is 10.0. The van der Waals surface area contributed by atoms with Crippen molar-refractivity contribution in [1.29, 1.82) is 0 Å². The quantitative estimate of drug-likeness (QED) is 0.206. The summed E-state index contributed by atoms with van der Waals surface area (Å²) in [7, 11) is 3.37. The fourth-order valence-electron chi connectivity index (χ4n) is 5.36. The molecule has 3 aromatic rings. The third-order valence-electron chi connectivity index (χ3n) is 7.50. The van der Waals surface area contributed by atoms with E-state index >= 15 is 0 Å². The fraction of sp³-hybridized carbons (Fsp3) is 0.471. The molecule has 40 heavy (non-hydrogen) atoms. The Balaban J connectivity index is 1.32. The third-order valence-corrected chi connectivity index (χ3v) is 7.50. The first-order valence-electron chi connectivity index (χ1n) is 14.5. The van der Waals surface area contributed by atoms with Gasteiger partial charge in [-0.3, -0.25) is 0 Å². The van der Waals surface area contributed by atoms with Gasteiger partial charge in [0.1, 0.15) is 18.1 Å². The van der Waals surface area contributed by atoms with Crippen LogP contribution in [0.4, 0.5) is 5.69 Å². The number of anilines is 1. The van der Waals surface area contributed by atoms with Gasteiger partial charge in [-0.25, -0.2) is 0 Å². The van der Waals surface area contributed by atoms with Crippen LogP contribution >= 0.6 is 0 Å². The number of fused-ring (bicyclic) bond motifs is 1. The Morgan fingerprint density at radius 1 is 0.900 bits per heavy atom. The van der Waals surface area contributed by atoms with Crippen LogP contribution in [0.2, 0.25) is 0 Å². The number of benzene rings is 3. The van der Waals surface area contributed by atoms with Gasteiger partial charge in [0.25, 0.3) is 0 Å². The van der Waals surface area contributed by atoms with Crippen molar-refractivity contribution < 1.29 is 19.3 Å². The van der Waals surface area contributed by atoms with Gasteiger partial charge in [0.2, 0.25) is 0 Å². The summed E-state index contributed by atoms with van der Waals surface area (Å²) in [5, 5.41) is 17.0. The number of hydrogen-bond donors (Lipinski definition) is 3. The molecule has 0 aromatic heterocycles. The molecule has 1 atom stereocenters. The molecule has 0 aliphatic heterocycles. The summed E-state index contributed by atoms with van der Waals surface area (Å²) in [5.41, 5.74) is 6.51. The van der Waals surface area contributed by atoms with Crippen molar-refractivity contribution in [2.75, 3.05) is 45.8 Å². The molecule has 3 N–H and O–H groups in total. The third kappa shape index (κ3) is 8.31. The highest BCUT2D eigenvalue weighted by molar-refractivity contribution is 5.62. The lowest BCUT2D eigenvalue weighted by atomic mass is 9.79. The number of nitrogens with one attached hydrogen (secondary N) is 2. The topological polar surface area (TPSA) is 72.0 Å². The number of hydrogen-bond acceptors (Lipinski definition) is 6. The maximum atomic E-state index is 9.88. The van der Waals surface area contributed by atoms with Crippen molar-refractivity contribution in [3.05, 3.63) is 76.9 Å². The lowest BCUT2D eigenvalue weighted by molar-refractivity contribution is 0.297. The van der Waals surface area contributed by atoms with Crippen LogP contribution in [-0.4, -0.2) is 45.6 Å². The van der Waals surface area contributed by atoms with E-state index < -0.39 is 0 Å². The predicted molar refractivity (Wildman–Crippen MR) is 163 cm³/mol. The van der Waals surface area contributed by atoms with E-state index in [1.807, 2.05) is 6.07 Å². The summed E-state index contributed by atoms with van der Waals surface area (Å²) < 4.78 is 17.2. The van der Waals surface area contributed by atoms with Crippen LogP contribution in [0.5, 0.6) is 23.0 Å². The molecular weight excluding hydrogens is 500 g/mol. The zero-order valence-electron chi connectivity index (χ0n) is 24.8. The minimum absolute atomic E-state index is 0.283. The highest BCUT2D eigenvalue weighted by Crippen LogP contribution is 2.42. The van der Waals surface area contributed by atoms with Gasteiger partial charge >= 0.3 is 0 Å². The average molecular weight is 547 g/mol. The molecule has 0 spiro atoms. The number of phenols is 1. The van der Waals surface area contributed by atoms with Crippen molar-refractivity contribution in [1.82, 2.24) is 5.32 Å². The van der Waals surface area contributed by atoms with E-state index in [0.29, 0.717) is 18.3 Å². The van der Waals surface area contributed by atoms with E-state index in [9.17, 15) is 5.11 Å². The zero-order chi connectivity index (χ0) is 28.5. The van der Waals surface area contributed by atoms with E-state index in [0.717, 1.165) is 74.7 Å². The molecular formula is C34H46N2O4. The van der Waals surface area contributed by atoms with Crippen LogP contribution < -0.4 is 24.8 Å². The Hall–Kier alpha value is -3.38. The highest BCUT2D eigenvalue weighted by atomic mass is 16.5. The molecule has 0 saturated heterocycles. The lowest BCUT2D eigenvalue weighted by Crippen LogP contribution is -2.30. The molecule has 216 valence electrons. The first-order valence-corrected chi connectivity index (χ1v) is 14.5. The second kappa shape index (κ2) is 13.8. The van der Waals surface area contributed by atoms with Gasteiger partial charge in [-0.1, -0.05) is 39.0 Å². The van der Waals surface area contributed by atoms with Crippen molar-refractivity contribution in [3.8, 4) is 23.0 Å². The highest BCUT2D eigenvalue weighted by Gasteiger charge is 2.24. The van der Waals surface area contributed by atoms with Crippen molar-refractivity contribution >= 4 is 5.69 Å². The number of rotatable bonds is 13. The van der Waals surface area contributed by atoms with E-state index in [2.05, 4.69) is 73.9 Å². The minimum Gasteiger partial charge on any atom is -0.508 e. The van der Waals surface area contributed by atoms with Gasteiger partial charge in [0, 0.05) is 31.4 Å². The number of phenolic OH excluding ortho intramolecular Hbond substituents is 1. The maximum absolute atomic E-state index is 9.88. The number of aryl methyl sites for hydroxylation is 2. The zero-order valence-corrected chi connectivity index (χ0v) is 24.8. The van der Waals surface area contributed by atoms with E-state index in [-0.39, 0.29) is 5.41 Å². The summed E-state index contributed by atoms with van der Waals surface area (Å²) in [6.07, 6.45) is 4.93. The summed E-state index contributed by atoms with van der Waals surface area (Å²) in [6, 6.07) is 18.4. The van der Waals surface area contributed by atoms with Gasteiger partial charge in [-0.2, -0.15) is 0 Å². The van der Waals surface area contributed by atoms with Crippen molar-refractivity contribution in [2.24, 2.45) is 5.41 Å². The molecule has 0 unspecified atom stereocenters. The summed E-state index contributed by atoms with van der Waals surface area (Å²) >= 11 is 0. The summed E-state index contributed by atoms with van der Waals surface area (Å²) in [4.78, 5) is 0. The normalized spacial score (nSPS) is 14.9. The molecule has 0 bridgehead atoms. The van der Waals surface area contributed by atoms with Gasteiger partial charge in [0.15, 0.2) is 11.5 Å². The number of methoxy groups -OCH3 is 2. The maximum Gasteiger partial charge on any atom is 0.162 e. The van der Waals surface area contributed by atoms with Crippen LogP contribution in [0.3, 0.4) is 0 Å². The standard InChI is InChI=1S/C34H46N2O4/c1-34(2,3)23-35-17-18-40-29-14-8-24(9-15-29)7-6-16-36-31-22-33(39-5)32(38-4)21-30(31)27-11-10-26-20-28(37)13-12-25(26)19-27/h8-9,12-15,20-22,27,35-37H,6-7,10-11,16-19,23H2,1-5H3/t27-/m1/s1. The van der Waals surface area contributed by atoms with E-state index in [4.69, 9.17) is 14.2 Å². The second-order valence-corrected chi connectivity index (χ2v) is 11.9. The number of ether oxygens (including phenoxy) is 3. The second-order valence-electron chi connectivity index (χ2n) is 11.9. The Labute approximate surface area is 240 Å². The van der Waals surface area contributed by atoms with Crippen LogP contribution in [0.25, 0.3) is 0 Å². The Kier molecular flexibility index (Phi) is 10.2. The molecule has 3 aromatic carbocycles. The molecule has 0 amide bonds. The largest absolute Gasteiger partial charge is 0.508 e. The van der Waals surface area contributed by atoms with Crippen molar-refractivity contribution in [3.63, 3.8) is 0 Å². The monoisotopic (exact) mass is 546 g/mol. The van der Waals surface area contributed by atoms with Gasteiger partial charge < -0.3 is 30.0 Å². The van der Waals surface area contributed by atoms with Gasteiger partial charge in [0.05, 0.1) is 14.2 Å². The lowest BCUT2D eigenvalue weighted by Gasteiger charge is -2.28. The Bertz CT molecular complexity index is 1230. The molecule has 0 heterocycles. The van der Waals surface area contributed by atoms with Crippen LogP contribution in [-0.2, 0) is 19.3 Å². The average Bonchev–Trinajstić information content (AvgIpc) is 2.94. The van der Waals surface area contributed by atoms with Crippen LogP contribution in [0.15, 0.2) is 54.6 Å². The molecule has 4 rings (SSSR count). The van der Waals surface area contributed by atoms with Crippen LogP contribution in [0, 0.1) is 5.41 Å². The predicted octanol–water partition coefficient (Wildman–Crippen LogP) is 6.74. The summed E-state index contributed by atoms with van der Waals surface area (Å²) in [5.74, 6) is 3.12. The van der Waals surface area contributed by atoms with Gasteiger partial charge in [-0.15, -0.1) is 0 Å². The molecule has 6 nitrogen and oxygen atoms in total. The van der Waals surface area contributed by atoms with Crippen LogP contribution in [0.1, 0.15) is 61.8 Å². The van der Waals surface area contributed by atoms with E-state index in [1.165, 1.54) is 22.3 Å². The molecule has 1 aliphatic rings. The van der Waals surface area contributed by atoms with E-state index in [1.54, 1.807) is 20.3 Å². The van der Waals surface area contributed by atoms with Gasteiger partial charge in [-0.05, 0) is 96.0 Å². The smallest absolute Gasteiger partial charge is 0.162 e. The molecule has 1 aliphatic carbocycles. The Morgan fingerprint density at radius 2 is 1.65 bits per heavy atom. The number of aromatic hydroxyl groups is 1. The Morgan fingerprint density at radius 3 is 2.38 bits per heavy atom. The SMILES string of the molecule is COc1cc(NCCCc2ccc(OCCNCC(C)(C)C)cc2)c([C@@H]2CCc3cc(O)ccc3C2)cc1OC. The first-order chi connectivity index (χ1) is 19.3. The molecule has 0 radical (unpaired) electrons.